The number of fused-ring (bicyclic) bond motifs is 1. The van der Waals surface area contributed by atoms with Gasteiger partial charge in [-0.1, -0.05) is 6.42 Å². The molecule has 2 fully saturated rings. The summed E-state index contributed by atoms with van der Waals surface area (Å²) in [6.07, 6.45) is 8.67. The van der Waals surface area contributed by atoms with E-state index in [0.29, 0.717) is 0 Å². The van der Waals surface area contributed by atoms with Crippen LogP contribution in [0.25, 0.3) is 0 Å². The van der Waals surface area contributed by atoms with Crippen molar-refractivity contribution in [3.8, 4) is 0 Å². The minimum absolute atomic E-state index is 0.0568. The summed E-state index contributed by atoms with van der Waals surface area (Å²) in [4.78, 5) is 0. The first-order valence-electron chi connectivity index (χ1n) is 5.83. The molecule has 2 aliphatic carbocycles. The predicted octanol–water partition coefficient (Wildman–Crippen LogP) is 2.94. The van der Waals surface area contributed by atoms with E-state index in [9.17, 15) is 0 Å². The Bertz CT molecular complexity index is 180. The Morgan fingerprint density at radius 2 is 1.69 bits per heavy atom. The lowest BCUT2D eigenvalue weighted by Gasteiger charge is -2.45. The van der Waals surface area contributed by atoms with Gasteiger partial charge in [0.2, 0.25) is 0 Å². The van der Waals surface area contributed by atoms with Gasteiger partial charge < -0.3 is 5.73 Å². The Hall–Kier alpha value is -0.0400. The van der Waals surface area contributed by atoms with E-state index in [-0.39, 0.29) is 5.54 Å². The van der Waals surface area contributed by atoms with Gasteiger partial charge in [0, 0.05) is 5.54 Å². The summed E-state index contributed by atoms with van der Waals surface area (Å²) in [5, 5.41) is 0. The van der Waals surface area contributed by atoms with E-state index in [1.54, 1.807) is 0 Å². The monoisotopic (exact) mass is 181 g/mol. The zero-order valence-electron chi connectivity index (χ0n) is 9.05. The molecule has 0 radical (unpaired) electrons. The van der Waals surface area contributed by atoms with Crippen molar-refractivity contribution in [3.63, 3.8) is 0 Å². The summed E-state index contributed by atoms with van der Waals surface area (Å²) in [5.74, 6) is 3.12. The summed E-state index contributed by atoms with van der Waals surface area (Å²) in [7, 11) is 0. The summed E-state index contributed by atoms with van der Waals surface area (Å²) in [5.41, 5.74) is 6.12. The van der Waals surface area contributed by atoms with E-state index in [2.05, 4.69) is 13.8 Å². The Morgan fingerprint density at radius 3 is 2.15 bits per heavy atom. The van der Waals surface area contributed by atoms with Crippen molar-refractivity contribution in [2.45, 2.75) is 57.9 Å². The van der Waals surface area contributed by atoms with Gasteiger partial charge in [-0.15, -0.1) is 0 Å². The van der Waals surface area contributed by atoms with Gasteiger partial charge in [-0.2, -0.15) is 0 Å². The molecule has 0 bridgehead atoms. The fourth-order valence-electron chi connectivity index (χ4n) is 3.25. The van der Waals surface area contributed by atoms with Crippen molar-refractivity contribution in [3.05, 3.63) is 0 Å². The van der Waals surface area contributed by atoms with Gasteiger partial charge >= 0.3 is 0 Å². The minimum atomic E-state index is 0.0568. The SMILES string of the molecule is CC(C)(N)C[C@H]1CCC2CCC2C1. The Kier molecular flexibility index (Phi) is 2.39. The van der Waals surface area contributed by atoms with Gasteiger partial charge in [0.1, 0.15) is 0 Å². The molecule has 13 heavy (non-hydrogen) atoms. The van der Waals surface area contributed by atoms with Crippen LogP contribution in [0.15, 0.2) is 0 Å². The highest BCUT2D eigenvalue weighted by atomic mass is 14.7. The second-order valence-corrected chi connectivity index (χ2v) is 5.97. The molecule has 1 nitrogen and oxygen atoms in total. The van der Waals surface area contributed by atoms with E-state index in [0.717, 1.165) is 17.8 Å². The smallest absolute Gasteiger partial charge is 0.00996 e. The maximum Gasteiger partial charge on any atom is 0.00996 e. The molecule has 0 aliphatic heterocycles. The molecule has 2 rings (SSSR count). The molecule has 0 aromatic carbocycles. The van der Waals surface area contributed by atoms with Crippen LogP contribution in [-0.4, -0.2) is 5.54 Å². The van der Waals surface area contributed by atoms with Crippen LogP contribution in [0.5, 0.6) is 0 Å². The number of hydrogen-bond acceptors (Lipinski definition) is 1. The molecule has 0 amide bonds. The van der Waals surface area contributed by atoms with Gasteiger partial charge in [0.15, 0.2) is 0 Å². The molecule has 0 heterocycles. The van der Waals surface area contributed by atoms with Gasteiger partial charge in [0.25, 0.3) is 0 Å². The fourth-order valence-corrected chi connectivity index (χ4v) is 3.25. The zero-order valence-corrected chi connectivity index (χ0v) is 9.05. The molecule has 1 heteroatoms. The molecule has 76 valence electrons. The zero-order chi connectivity index (χ0) is 9.47. The van der Waals surface area contributed by atoms with E-state index < -0.39 is 0 Å². The molecular formula is C12H23N. The average Bonchev–Trinajstić information content (AvgIpc) is 1.92. The highest BCUT2D eigenvalue weighted by Crippen LogP contribution is 2.48. The first-order chi connectivity index (χ1) is 6.04. The highest BCUT2D eigenvalue weighted by Gasteiger charge is 2.37. The molecule has 0 aromatic rings. The standard InChI is InChI=1S/C12H23N/c1-12(2,13)8-9-3-4-10-5-6-11(10)7-9/h9-11H,3-8,13H2,1-2H3/t9-,10?,11?/m0/s1. The summed E-state index contributed by atoms with van der Waals surface area (Å²) < 4.78 is 0. The second-order valence-electron chi connectivity index (χ2n) is 5.97. The first-order valence-corrected chi connectivity index (χ1v) is 5.83. The molecule has 0 saturated heterocycles. The van der Waals surface area contributed by atoms with E-state index in [1.807, 2.05) is 0 Å². The minimum Gasteiger partial charge on any atom is -0.326 e. The van der Waals surface area contributed by atoms with E-state index in [1.165, 1.54) is 38.5 Å². The van der Waals surface area contributed by atoms with Crippen LogP contribution in [0.2, 0.25) is 0 Å². The number of nitrogens with two attached hydrogens (primary N) is 1. The van der Waals surface area contributed by atoms with Crippen LogP contribution in [0.1, 0.15) is 52.4 Å². The van der Waals surface area contributed by atoms with Gasteiger partial charge in [-0.3, -0.25) is 0 Å². The maximum atomic E-state index is 6.06. The molecule has 0 spiro atoms. The van der Waals surface area contributed by atoms with Crippen LogP contribution in [-0.2, 0) is 0 Å². The van der Waals surface area contributed by atoms with Crippen molar-refractivity contribution in [2.75, 3.05) is 0 Å². The van der Waals surface area contributed by atoms with Crippen LogP contribution < -0.4 is 5.73 Å². The van der Waals surface area contributed by atoms with Crippen molar-refractivity contribution < 1.29 is 0 Å². The third-order valence-corrected chi connectivity index (χ3v) is 3.97. The van der Waals surface area contributed by atoms with Crippen molar-refractivity contribution in [2.24, 2.45) is 23.5 Å². The van der Waals surface area contributed by atoms with Crippen LogP contribution in [0.4, 0.5) is 0 Å². The Morgan fingerprint density at radius 1 is 1.08 bits per heavy atom. The van der Waals surface area contributed by atoms with Gasteiger partial charge in [-0.05, 0) is 63.7 Å². The number of rotatable bonds is 2. The molecular weight excluding hydrogens is 158 g/mol. The van der Waals surface area contributed by atoms with Crippen molar-refractivity contribution in [1.82, 2.24) is 0 Å². The van der Waals surface area contributed by atoms with Crippen LogP contribution >= 0.6 is 0 Å². The topological polar surface area (TPSA) is 26.0 Å². The van der Waals surface area contributed by atoms with Crippen molar-refractivity contribution >= 4 is 0 Å². The molecule has 3 atom stereocenters. The first kappa shape index (κ1) is 9.51. The average molecular weight is 181 g/mol. The van der Waals surface area contributed by atoms with E-state index >= 15 is 0 Å². The normalized spacial score (nSPS) is 39.5. The summed E-state index contributed by atoms with van der Waals surface area (Å²) in [6, 6.07) is 0. The third kappa shape index (κ3) is 2.25. The van der Waals surface area contributed by atoms with Crippen LogP contribution in [0, 0.1) is 17.8 Å². The molecule has 2 unspecified atom stereocenters. The third-order valence-electron chi connectivity index (χ3n) is 3.97. The van der Waals surface area contributed by atoms with Crippen molar-refractivity contribution in [1.29, 1.82) is 0 Å². The van der Waals surface area contributed by atoms with E-state index in [4.69, 9.17) is 5.73 Å². The van der Waals surface area contributed by atoms with Gasteiger partial charge in [0.05, 0.1) is 0 Å². The lowest BCUT2D eigenvalue weighted by molar-refractivity contribution is 0.0697. The molecule has 0 aromatic heterocycles. The quantitative estimate of drug-likeness (QED) is 0.696. The lowest BCUT2D eigenvalue weighted by atomic mass is 9.61. The predicted molar refractivity (Wildman–Crippen MR) is 56.4 cm³/mol. The largest absolute Gasteiger partial charge is 0.326 e. The fraction of sp³-hybridized carbons (Fsp3) is 1.00. The summed E-state index contributed by atoms with van der Waals surface area (Å²) in [6.45, 7) is 4.33. The summed E-state index contributed by atoms with van der Waals surface area (Å²) >= 11 is 0. The maximum absolute atomic E-state index is 6.06. The Balaban J connectivity index is 1.81. The number of hydrogen-bond donors (Lipinski definition) is 1. The Labute approximate surface area is 82.1 Å². The lowest BCUT2D eigenvalue weighted by Crippen LogP contribution is -2.39. The highest BCUT2D eigenvalue weighted by molar-refractivity contribution is 4.89. The second kappa shape index (κ2) is 3.27. The molecule has 2 N–H and O–H groups in total. The molecule has 2 saturated carbocycles. The van der Waals surface area contributed by atoms with Crippen LogP contribution in [0.3, 0.4) is 0 Å². The van der Waals surface area contributed by atoms with Gasteiger partial charge in [-0.25, -0.2) is 0 Å². The molecule has 2 aliphatic rings.